The first-order chi connectivity index (χ1) is 13.7. The molecule has 2 aromatic heterocycles. The maximum absolute atomic E-state index is 13.9. The van der Waals surface area contributed by atoms with Crippen LogP contribution in [0, 0.1) is 5.82 Å². The average molecular weight is 410 g/mol. The first-order valence-electron chi connectivity index (χ1n) is 8.94. The van der Waals surface area contributed by atoms with Gasteiger partial charge in [-0.3, -0.25) is 0 Å². The van der Waals surface area contributed by atoms with Crippen LogP contribution in [0.2, 0.25) is 0 Å². The highest BCUT2D eigenvalue weighted by Crippen LogP contribution is 2.32. The quantitative estimate of drug-likeness (QED) is 0.558. The summed E-state index contributed by atoms with van der Waals surface area (Å²) in [5, 5.41) is 5.82. The third kappa shape index (κ3) is 4.24. The number of hydrogen-bond donors (Lipinski definition) is 3. The van der Waals surface area contributed by atoms with Crippen LogP contribution in [0.1, 0.15) is 25.3 Å². The third-order valence-corrected chi connectivity index (χ3v) is 4.80. The Kier molecular flexibility index (Phi) is 4.77. The van der Waals surface area contributed by atoms with Gasteiger partial charge in [0.2, 0.25) is 11.9 Å². The molecule has 1 aliphatic heterocycles. The topological polar surface area (TPSA) is 87.8 Å². The predicted octanol–water partition coefficient (Wildman–Crippen LogP) is 4.24. The number of ether oxygens (including phenoxy) is 1. The van der Waals surface area contributed by atoms with Crippen molar-refractivity contribution in [2.45, 2.75) is 31.5 Å². The molecule has 0 spiro atoms. The summed E-state index contributed by atoms with van der Waals surface area (Å²) >= 11 is 0. The van der Waals surface area contributed by atoms with Gasteiger partial charge in [-0.15, -0.1) is 0 Å². The number of alkyl halides is 3. The van der Waals surface area contributed by atoms with Gasteiger partial charge in [0.25, 0.3) is 0 Å². The van der Waals surface area contributed by atoms with Crippen molar-refractivity contribution < 1.29 is 22.3 Å². The van der Waals surface area contributed by atoms with Crippen LogP contribution in [-0.2, 0) is 10.9 Å². The lowest BCUT2D eigenvalue weighted by Gasteiger charge is -2.34. The number of fused-ring (bicyclic) bond motifs is 1. The molecule has 0 aliphatic carbocycles. The first kappa shape index (κ1) is 19.4. The van der Waals surface area contributed by atoms with E-state index in [4.69, 9.17) is 4.74 Å². The second kappa shape index (κ2) is 7.14. The van der Waals surface area contributed by atoms with E-state index in [0.717, 1.165) is 18.9 Å². The normalized spacial score (nSPS) is 16.7. The number of anilines is 3. The molecule has 0 amide bonds. The number of rotatable bonds is 4. The van der Waals surface area contributed by atoms with Crippen LogP contribution in [-0.4, -0.2) is 38.7 Å². The lowest BCUT2D eigenvalue weighted by molar-refractivity contribution is -0.137. The molecule has 7 nitrogen and oxygen atoms in total. The van der Waals surface area contributed by atoms with E-state index in [2.05, 4.69) is 37.5 Å². The summed E-state index contributed by atoms with van der Waals surface area (Å²) in [6, 6.07) is 2.12. The van der Waals surface area contributed by atoms with Crippen molar-refractivity contribution in [2.24, 2.45) is 0 Å². The SMILES string of the molecule is CC1(Nc2ncc3[nH]c(Nc4cc(C(F)(F)F)ccc4F)nc3n2)CCOCC1. The zero-order chi connectivity index (χ0) is 20.6. The maximum atomic E-state index is 13.9. The Morgan fingerprint density at radius 3 is 2.66 bits per heavy atom. The summed E-state index contributed by atoms with van der Waals surface area (Å²) in [5.41, 5.74) is -0.756. The summed E-state index contributed by atoms with van der Waals surface area (Å²) in [6.07, 6.45) is -1.47. The number of H-pyrrole nitrogens is 1. The van der Waals surface area contributed by atoms with Crippen molar-refractivity contribution in [3.63, 3.8) is 0 Å². The summed E-state index contributed by atoms with van der Waals surface area (Å²) in [6.45, 7) is 3.34. The zero-order valence-electron chi connectivity index (χ0n) is 15.4. The fourth-order valence-corrected chi connectivity index (χ4v) is 3.07. The van der Waals surface area contributed by atoms with E-state index in [1.54, 1.807) is 0 Å². The standard InChI is InChI=1S/C18H18F4N6O/c1-17(4-6-29-7-5-17)28-15-23-9-13-14(26-15)27-16(25-13)24-12-8-10(18(20,21)22)2-3-11(12)19/h2-3,8-9H,4-7H2,1H3,(H3,23,24,25,26,27,28). The van der Waals surface area contributed by atoms with Gasteiger partial charge >= 0.3 is 6.18 Å². The lowest BCUT2D eigenvalue weighted by Crippen LogP contribution is -2.41. The summed E-state index contributed by atoms with van der Waals surface area (Å²) in [7, 11) is 0. The molecule has 1 aliphatic rings. The van der Waals surface area contributed by atoms with Crippen molar-refractivity contribution in [2.75, 3.05) is 23.8 Å². The smallest absolute Gasteiger partial charge is 0.381 e. The second-order valence-electron chi connectivity index (χ2n) is 7.13. The molecule has 4 rings (SSSR count). The van der Waals surface area contributed by atoms with Crippen LogP contribution in [0.5, 0.6) is 0 Å². The Morgan fingerprint density at radius 1 is 1.17 bits per heavy atom. The van der Waals surface area contributed by atoms with Crippen LogP contribution >= 0.6 is 0 Å². The molecule has 154 valence electrons. The number of nitrogens with zero attached hydrogens (tertiary/aromatic N) is 3. The highest BCUT2D eigenvalue weighted by Gasteiger charge is 2.31. The number of halogens is 4. The minimum absolute atomic E-state index is 0.0574. The molecule has 29 heavy (non-hydrogen) atoms. The van der Waals surface area contributed by atoms with Gasteiger partial charge in [-0.2, -0.15) is 23.1 Å². The van der Waals surface area contributed by atoms with E-state index in [-0.39, 0.29) is 17.2 Å². The van der Waals surface area contributed by atoms with Gasteiger partial charge in [-0.1, -0.05) is 0 Å². The highest BCUT2D eigenvalue weighted by atomic mass is 19.4. The van der Waals surface area contributed by atoms with Gasteiger partial charge in [0.1, 0.15) is 11.3 Å². The highest BCUT2D eigenvalue weighted by molar-refractivity contribution is 5.75. The lowest BCUT2D eigenvalue weighted by atomic mass is 9.93. The molecular weight excluding hydrogens is 392 g/mol. The van der Waals surface area contributed by atoms with Gasteiger partial charge in [-0.05, 0) is 38.0 Å². The van der Waals surface area contributed by atoms with Crippen LogP contribution < -0.4 is 10.6 Å². The second-order valence-corrected chi connectivity index (χ2v) is 7.13. The molecule has 3 heterocycles. The molecule has 0 bridgehead atoms. The Hall–Kier alpha value is -2.95. The number of benzene rings is 1. The van der Waals surface area contributed by atoms with E-state index in [0.29, 0.717) is 42.5 Å². The van der Waals surface area contributed by atoms with E-state index >= 15 is 0 Å². The van der Waals surface area contributed by atoms with Crippen LogP contribution in [0.25, 0.3) is 11.2 Å². The van der Waals surface area contributed by atoms with Crippen LogP contribution in [0.4, 0.5) is 35.1 Å². The molecular formula is C18H18F4N6O. The largest absolute Gasteiger partial charge is 0.416 e. The van der Waals surface area contributed by atoms with E-state index < -0.39 is 17.6 Å². The Labute approximate surface area is 162 Å². The van der Waals surface area contributed by atoms with E-state index in [1.165, 1.54) is 6.20 Å². The number of imidazole rings is 1. The Bertz CT molecular complexity index is 1030. The molecule has 0 saturated carbocycles. The molecule has 0 unspecified atom stereocenters. The van der Waals surface area contributed by atoms with Gasteiger partial charge < -0.3 is 20.4 Å². The van der Waals surface area contributed by atoms with Crippen molar-refractivity contribution in [1.29, 1.82) is 0 Å². The molecule has 0 radical (unpaired) electrons. The molecule has 3 aromatic rings. The summed E-state index contributed by atoms with van der Waals surface area (Å²) < 4.78 is 57.9. The van der Waals surface area contributed by atoms with Crippen molar-refractivity contribution in [3.8, 4) is 0 Å². The Balaban J connectivity index is 1.57. The number of nitrogens with one attached hydrogen (secondary N) is 3. The van der Waals surface area contributed by atoms with Crippen molar-refractivity contribution in [1.82, 2.24) is 19.9 Å². The van der Waals surface area contributed by atoms with E-state index in [9.17, 15) is 17.6 Å². The minimum atomic E-state index is -4.58. The Morgan fingerprint density at radius 2 is 1.93 bits per heavy atom. The number of hydrogen-bond acceptors (Lipinski definition) is 6. The molecule has 1 aromatic carbocycles. The minimum Gasteiger partial charge on any atom is -0.381 e. The van der Waals surface area contributed by atoms with Crippen molar-refractivity contribution in [3.05, 3.63) is 35.8 Å². The first-order valence-corrected chi connectivity index (χ1v) is 8.94. The summed E-state index contributed by atoms with van der Waals surface area (Å²) in [5.74, 6) is -0.397. The van der Waals surface area contributed by atoms with Gasteiger partial charge in [0.15, 0.2) is 5.65 Å². The van der Waals surface area contributed by atoms with Crippen LogP contribution in [0.15, 0.2) is 24.4 Å². The molecule has 0 atom stereocenters. The van der Waals surface area contributed by atoms with Crippen LogP contribution in [0.3, 0.4) is 0 Å². The average Bonchev–Trinajstić information content (AvgIpc) is 3.04. The van der Waals surface area contributed by atoms with Gasteiger partial charge in [-0.25, -0.2) is 9.37 Å². The van der Waals surface area contributed by atoms with Crippen molar-refractivity contribution >= 4 is 28.7 Å². The van der Waals surface area contributed by atoms with Gasteiger partial charge in [0.05, 0.1) is 17.4 Å². The molecule has 11 heteroatoms. The van der Waals surface area contributed by atoms with E-state index in [1.807, 2.05) is 0 Å². The summed E-state index contributed by atoms with van der Waals surface area (Å²) in [4.78, 5) is 15.6. The molecule has 3 N–H and O–H groups in total. The fourth-order valence-electron chi connectivity index (χ4n) is 3.07. The zero-order valence-corrected chi connectivity index (χ0v) is 15.4. The fraction of sp³-hybridized carbons (Fsp3) is 0.389. The molecule has 1 fully saturated rings. The molecule has 1 saturated heterocycles. The number of aromatic amines is 1. The third-order valence-electron chi connectivity index (χ3n) is 4.80. The number of aromatic nitrogens is 4. The predicted molar refractivity (Wildman–Crippen MR) is 98.4 cm³/mol. The monoisotopic (exact) mass is 410 g/mol. The van der Waals surface area contributed by atoms with Gasteiger partial charge in [0, 0.05) is 18.8 Å². The maximum Gasteiger partial charge on any atom is 0.416 e.